The smallest absolute Gasteiger partial charge is 0.267 e. The average molecular weight is 320 g/mol. The Bertz CT molecular complexity index is 963. The number of fused-ring (bicyclic) bond motifs is 1. The first-order chi connectivity index (χ1) is 11.7. The molecule has 0 saturated carbocycles. The van der Waals surface area contributed by atoms with Gasteiger partial charge in [0.15, 0.2) is 11.5 Å². The molecule has 2 aromatic carbocycles. The zero-order chi connectivity index (χ0) is 16.5. The second-order valence-electron chi connectivity index (χ2n) is 5.77. The number of hydrogen-bond donors (Lipinski definition) is 0. The molecule has 0 radical (unpaired) electrons. The Balaban J connectivity index is 1.70. The van der Waals surface area contributed by atoms with Crippen molar-refractivity contribution in [3.05, 3.63) is 76.1 Å². The molecule has 0 atom stereocenters. The van der Waals surface area contributed by atoms with Gasteiger partial charge in [0.05, 0.1) is 12.2 Å². The fourth-order valence-corrected chi connectivity index (χ4v) is 2.76. The molecule has 0 spiro atoms. The molecule has 1 aromatic heterocycles. The van der Waals surface area contributed by atoms with E-state index in [1.165, 1.54) is 4.68 Å². The first kappa shape index (κ1) is 14.5. The number of benzene rings is 2. The zero-order valence-electron chi connectivity index (χ0n) is 13.2. The van der Waals surface area contributed by atoms with Crippen LogP contribution in [0, 0.1) is 6.92 Å². The highest BCUT2D eigenvalue weighted by Gasteiger charge is 2.14. The topological polar surface area (TPSA) is 53.4 Å². The van der Waals surface area contributed by atoms with Gasteiger partial charge in [0.1, 0.15) is 0 Å². The molecule has 2 heterocycles. The maximum Gasteiger partial charge on any atom is 0.267 e. The Kier molecular flexibility index (Phi) is 3.54. The van der Waals surface area contributed by atoms with Crippen molar-refractivity contribution in [1.82, 2.24) is 9.78 Å². The van der Waals surface area contributed by atoms with E-state index in [1.54, 1.807) is 12.1 Å². The van der Waals surface area contributed by atoms with Crippen molar-refractivity contribution in [3.8, 4) is 22.8 Å². The Morgan fingerprint density at radius 3 is 2.79 bits per heavy atom. The molecule has 24 heavy (non-hydrogen) atoms. The Morgan fingerprint density at radius 2 is 1.92 bits per heavy atom. The highest BCUT2D eigenvalue weighted by atomic mass is 16.7. The van der Waals surface area contributed by atoms with Crippen LogP contribution in [0.3, 0.4) is 0 Å². The second-order valence-corrected chi connectivity index (χ2v) is 5.77. The Morgan fingerprint density at radius 1 is 1.04 bits per heavy atom. The van der Waals surface area contributed by atoms with Gasteiger partial charge < -0.3 is 9.47 Å². The molecule has 4 rings (SSSR count). The number of aromatic nitrogens is 2. The van der Waals surface area contributed by atoms with E-state index in [4.69, 9.17) is 9.47 Å². The molecular weight excluding hydrogens is 304 g/mol. The molecular formula is C19H16N2O3. The number of nitrogens with zero attached hydrogens (tertiary/aromatic N) is 2. The van der Waals surface area contributed by atoms with Crippen LogP contribution in [0.1, 0.15) is 11.1 Å². The van der Waals surface area contributed by atoms with Gasteiger partial charge in [-0.05, 0) is 36.8 Å². The molecule has 1 aliphatic rings. The molecule has 0 fully saturated rings. The minimum atomic E-state index is -0.124. The first-order valence-electron chi connectivity index (χ1n) is 7.73. The molecule has 5 nitrogen and oxygen atoms in total. The van der Waals surface area contributed by atoms with Crippen molar-refractivity contribution in [3.63, 3.8) is 0 Å². The van der Waals surface area contributed by atoms with Crippen molar-refractivity contribution in [1.29, 1.82) is 0 Å². The van der Waals surface area contributed by atoms with Gasteiger partial charge in [0.2, 0.25) is 6.79 Å². The van der Waals surface area contributed by atoms with Crippen LogP contribution in [-0.2, 0) is 6.54 Å². The van der Waals surface area contributed by atoms with Crippen LogP contribution in [0.2, 0.25) is 0 Å². The van der Waals surface area contributed by atoms with Crippen LogP contribution in [0.4, 0.5) is 0 Å². The van der Waals surface area contributed by atoms with Crippen LogP contribution < -0.4 is 15.0 Å². The molecule has 0 bridgehead atoms. The van der Waals surface area contributed by atoms with Crippen LogP contribution in [0.25, 0.3) is 11.3 Å². The number of ether oxygens (including phenoxy) is 2. The fraction of sp³-hybridized carbons (Fsp3) is 0.158. The SMILES string of the molecule is Cc1cccc(Cn2nc(-c3ccc4c(c3)OCO4)ccc2=O)c1. The number of rotatable bonds is 3. The maximum atomic E-state index is 12.1. The molecule has 5 heteroatoms. The lowest BCUT2D eigenvalue weighted by atomic mass is 10.1. The summed E-state index contributed by atoms with van der Waals surface area (Å²) in [6.45, 7) is 2.71. The molecule has 3 aromatic rings. The first-order valence-corrected chi connectivity index (χ1v) is 7.73. The van der Waals surface area contributed by atoms with E-state index in [-0.39, 0.29) is 12.4 Å². The second kappa shape index (κ2) is 5.85. The van der Waals surface area contributed by atoms with Gasteiger partial charge in [-0.25, -0.2) is 4.68 Å². The van der Waals surface area contributed by atoms with E-state index < -0.39 is 0 Å². The Labute approximate surface area is 139 Å². The third kappa shape index (κ3) is 2.76. The summed E-state index contributed by atoms with van der Waals surface area (Å²) in [7, 11) is 0. The summed E-state index contributed by atoms with van der Waals surface area (Å²) in [4.78, 5) is 12.1. The standard InChI is InChI=1S/C19H16N2O3/c1-13-3-2-4-14(9-13)11-21-19(22)8-6-16(20-21)15-5-7-17-18(10-15)24-12-23-17/h2-10H,11-12H2,1H3. The third-order valence-corrected chi connectivity index (χ3v) is 3.95. The molecule has 0 amide bonds. The van der Waals surface area contributed by atoms with E-state index in [2.05, 4.69) is 11.2 Å². The lowest BCUT2D eigenvalue weighted by molar-refractivity contribution is 0.174. The van der Waals surface area contributed by atoms with Crippen molar-refractivity contribution < 1.29 is 9.47 Å². The fourth-order valence-electron chi connectivity index (χ4n) is 2.76. The van der Waals surface area contributed by atoms with Gasteiger partial charge in [-0.1, -0.05) is 29.8 Å². The minimum absolute atomic E-state index is 0.124. The third-order valence-electron chi connectivity index (χ3n) is 3.95. The van der Waals surface area contributed by atoms with Gasteiger partial charge in [-0.2, -0.15) is 5.10 Å². The molecule has 0 saturated heterocycles. The van der Waals surface area contributed by atoms with Crippen LogP contribution in [0.15, 0.2) is 59.4 Å². The van der Waals surface area contributed by atoms with Gasteiger partial charge in [0.25, 0.3) is 5.56 Å². The number of aryl methyl sites for hydroxylation is 1. The average Bonchev–Trinajstić information content (AvgIpc) is 3.04. The van der Waals surface area contributed by atoms with Crippen LogP contribution in [-0.4, -0.2) is 16.6 Å². The molecule has 1 aliphatic heterocycles. The van der Waals surface area contributed by atoms with Crippen molar-refractivity contribution in [2.24, 2.45) is 0 Å². The molecule has 0 N–H and O–H groups in total. The normalized spacial score (nSPS) is 12.4. The summed E-state index contributed by atoms with van der Waals surface area (Å²) in [5.41, 5.74) is 3.69. The lowest BCUT2D eigenvalue weighted by Gasteiger charge is -2.08. The minimum Gasteiger partial charge on any atom is -0.454 e. The van der Waals surface area contributed by atoms with Gasteiger partial charge in [-0.15, -0.1) is 0 Å². The largest absolute Gasteiger partial charge is 0.454 e. The summed E-state index contributed by atoms with van der Waals surface area (Å²) >= 11 is 0. The summed E-state index contributed by atoms with van der Waals surface area (Å²) in [5.74, 6) is 1.43. The van der Waals surface area contributed by atoms with Crippen molar-refractivity contribution >= 4 is 0 Å². The summed E-state index contributed by atoms with van der Waals surface area (Å²) in [6.07, 6.45) is 0. The lowest BCUT2D eigenvalue weighted by Crippen LogP contribution is -2.22. The highest BCUT2D eigenvalue weighted by Crippen LogP contribution is 2.35. The van der Waals surface area contributed by atoms with E-state index in [1.807, 2.05) is 43.3 Å². The Hall–Kier alpha value is -3.08. The van der Waals surface area contributed by atoms with E-state index in [9.17, 15) is 4.79 Å². The maximum absolute atomic E-state index is 12.1. The highest BCUT2D eigenvalue weighted by molar-refractivity contribution is 5.63. The van der Waals surface area contributed by atoms with Crippen LogP contribution in [0.5, 0.6) is 11.5 Å². The van der Waals surface area contributed by atoms with E-state index in [0.29, 0.717) is 12.3 Å². The van der Waals surface area contributed by atoms with Gasteiger partial charge in [-0.3, -0.25) is 4.79 Å². The zero-order valence-corrected chi connectivity index (χ0v) is 13.2. The van der Waals surface area contributed by atoms with Crippen molar-refractivity contribution in [2.75, 3.05) is 6.79 Å². The predicted molar refractivity (Wildman–Crippen MR) is 90.3 cm³/mol. The van der Waals surface area contributed by atoms with Crippen LogP contribution >= 0.6 is 0 Å². The molecule has 0 unspecified atom stereocenters. The van der Waals surface area contributed by atoms with Crippen molar-refractivity contribution in [2.45, 2.75) is 13.5 Å². The van der Waals surface area contributed by atoms with Gasteiger partial charge in [0, 0.05) is 11.6 Å². The number of hydrogen-bond acceptors (Lipinski definition) is 4. The predicted octanol–water partition coefficient (Wildman–Crippen LogP) is 3.00. The summed E-state index contributed by atoms with van der Waals surface area (Å²) < 4.78 is 12.2. The quantitative estimate of drug-likeness (QED) is 0.744. The van der Waals surface area contributed by atoms with Gasteiger partial charge >= 0.3 is 0 Å². The summed E-state index contributed by atoms with van der Waals surface area (Å²) in [6, 6.07) is 17.0. The van der Waals surface area contributed by atoms with E-state index in [0.717, 1.165) is 28.1 Å². The molecule has 0 aliphatic carbocycles. The monoisotopic (exact) mass is 320 g/mol. The molecule has 120 valence electrons. The van der Waals surface area contributed by atoms with E-state index >= 15 is 0 Å². The summed E-state index contributed by atoms with van der Waals surface area (Å²) in [5, 5.41) is 4.50.